The van der Waals surface area contributed by atoms with E-state index in [-0.39, 0.29) is 0 Å². The molecule has 0 amide bonds. The molecule has 0 heterocycles. The third-order valence-electron chi connectivity index (χ3n) is 2.10. The molecule has 0 nitrogen and oxygen atoms in total. The van der Waals surface area contributed by atoms with Gasteiger partial charge in [-0.25, -0.2) is 0 Å². The molecule has 0 saturated heterocycles. The molecule has 0 spiro atoms. The Bertz CT molecular complexity index is 69.1. The van der Waals surface area contributed by atoms with E-state index < -0.39 is 0 Å². The van der Waals surface area contributed by atoms with E-state index in [2.05, 4.69) is 43.4 Å². The molecule has 2 atom stereocenters. The second kappa shape index (κ2) is 6.44. The van der Waals surface area contributed by atoms with Crippen LogP contribution in [0.4, 0.5) is 0 Å². The van der Waals surface area contributed by atoms with Crippen molar-refractivity contribution in [3.05, 3.63) is 0 Å². The van der Waals surface area contributed by atoms with Gasteiger partial charge in [0.25, 0.3) is 0 Å². The number of unbranched alkanes of at least 4 members (excludes halogenated alkanes) is 1. The highest BCUT2D eigenvalue weighted by molar-refractivity contribution is 14.1. The molecule has 0 aliphatic rings. The van der Waals surface area contributed by atoms with E-state index in [0.29, 0.717) is 0 Å². The van der Waals surface area contributed by atoms with E-state index in [0.717, 1.165) is 9.84 Å². The normalized spacial score (nSPS) is 16.8. The van der Waals surface area contributed by atoms with Gasteiger partial charge in [0.15, 0.2) is 0 Å². The lowest BCUT2D eigenvalue weighted by Gasteiger charge is -2.16. The van der Waals surface area contributed by atoms with E-state index in [1.54, 1.807) is 0 Å². The van der Waals surface area contributed by atoms with Gasteiger partial charge in [-0.15, -0.1) is 0 Å². The summed E-state index contributed by atoms with van der Waals surface area (Å²) in [7, 11) is 0. The Hall–Kier alpha value is 0.730. The molecular formula is C9H19I. The fourth-order valence-corrected chi connectivity index (χ4v) is 2.09. The summed E-state index contributed by atoms with van der Waals surface area (Å²) in [6.45, 7) is 6.89. The van der Waals surface area contributed by atoms with E-state index in [1.807, 2.05) is 0 Å². The summed E-state index contributed by atoms with van der Waals surface area (Å²) in [6, 6.07) is 0. The molecule has 0 aromatic rings. The standard InChI is InChI=1S/C9H19I/c1-4-6-7-9(5-2)8(3)10/h8-9H,4-7H2,1-3H3. The molecule has 10 heavy (non-hydrogen) atoms. The van der Waals surface area contributed by atoms with Gasteiger partial charge in [0.2, 0.25) is 0 Å². The van der Waals surface area contributed by atoms with Gasteiger partial charge in [0.1, 0.15) is 0 Å². The van der Waals surface area contributed by atoms with Crippen molar-refractivity contribution in [1.29, 1.82) is 0 Å². The van der Waals surface area contributed by atoms with Crippen LogP contribution in [0.1, 0.15) is 46.5 Å². The average molecular weight is 254 g/mol. The minimum absolute atomic E-state index is 0.856. The van der Waals surface area contributed by atoms with Crippen LogP contribution in [0.2, 0.25) is 0 Å². The molecule has 0 rings (SSSR count). The van der Waals surface area contributed by atoms with E-state index in [9.17, 15) is 0 Å². The average Bonchev–Trinajstić information content (AvgIpc) is 1.89. The number of halogens is 1. The summed E-state index contributed by atoms with van der Waals surface area (Å²) in [5.41, 5.74) is 0. The summed E-state index contributed by atoms with van der Waals surface area (Å²) in [5.74, 6) is 0.959. The van der Waals surface area contributed by atoms with Gasteiger partial charge in [-0.2, -0.15) is 0 Å². The molecule has 0 N–H and O–H groups in total. The Morgan fingerprint density at radius 1 is 1.30 bits per heavy atom. The lowest BCUT2D eigenvalue weighted by Crippen LogP contribution is -2.09. The SMILES string of the molecule is CCCCC(CC)C(C)I. The number of rotatable bonds is 5. The van der Waals surface area contributed by atoms with Crippen molar-refractivity contribution in [3.63, 3.8) is 0 Å². The molecule has 62 valence electrons. The zero-order chi connectivity index (χ0) is 7.98. The first kappa shape index (κ1) is 10.7. The van der Waals surface area contributed by atoms with Gasteiger partial charge < -0.3 is 0 Å². The topological polar surface area (TPSA) is 0 Å². The molecule has 0 aliphatic heterocycles. The fraction of sp³-hybridized carbons (Fsp3) is 1.00. The monoisotopic (exact) mass is 254 g/mol. The first-order chi connectivity index (χ1) is 4.72. The van der Waals surface area contributed by atoms with Gasteiger partial charge in [0.05, 0.1) is 0 Å². The lowest BCUT2D eigenvalue weighted by atomic mass is 9.97. The van der Waals surface area contributed by atoms with E-state index in [4.69, 9.17) is 0 Å². The Morgan fingerprint density at radius 2 is 1.90 bits per heavy atom. The summed E-state index contributed by atoms with van der Waals surface area (Å²) >= 11 is 2.54. The summed E-state index contributed by atoms with van der Waals surface area (Å²) in [5, 5.41) is 0. The van der Waals surface area contributed by atoms with Crippen LogP contribution >= 0.6 is 22.6 Å². The predicted molar refractivity (Wildman–Crippen MR) is 56.8 cm³/mol. The van der Waals surface area contributed by atoms with Crippen LogP contribution in [-0.4, -0.2) is 3.92 Å². The van der Waals surface area contributed by atoms with Gasteiger partial charge in [0, 0.05) is 3.92 Å². The second-order valence-corrected chi connectivity index (χ2v) is 4.95. The highest BCUT2D eigenvalue weighted by Gasteiger charge is 2.10. The van der Waals surface area contributed by atoms with E-state index in [1.165, 1.54) is 25.7 Å². The molecule has 0 aromatic heterocycles. The fourth-order valence-electron chi connectivity index (χ4n) is 1.22. The van der Waals surface area contributed by atoms with Crippen LogP contribution in [0.15, 0.2) is 0 Å². The number of hydrogen-bond donors (Lipinski definition) is 0. The highest BCUT2D eigenvalue weighted by atomic mass is 127. The van der Waals surface area contributed by atoms with Crippen molar-refractivity contribution in [2.75, 3.05) is 0 Å². The lowest BCUT2D eigenvalue weighted by molar-refractivity contribution is 0.458. The molecule has 0 aromatic carbocycles. The van der Waals surface area contributed by atoms with Crippen LogP contribution in [0.5, 0.6) is 0 Å². The van der Waals surface area contributed by atoms with Crippen LogP contribution in [0, 0.1) is 5.92 Å². The van der Waals surface area contributed by atoms with Gasteiger partial charge in [-0.1, -0.05) is 62.6 Å². The highest BCUT2D eigenvalue weighted by Crippen LogP contribution is 2.22. The summed E-state index contributed by atoms with van der Waals surface area (Å²) in [6.07, 6.45) is 5.53. The van der Waals surface area contributed by atoms with Crippen LogP contribution in [-0.2, 0) is 0 Å². The molecule has 0 saturated carbocycles. The number of alkyl halides is 1. The Morgan fingerprint density at radius 3 is 2.20 bits per heavy atom. The summed E-state index contributed by atoms with van der Waals surface area (Å²) < 4.78 is 0.856. The summed E-state index contributed by atoms with van der Waals surface area (Å²) in [4.78, 5) is 0. The van der Waals surface area contributed by atoms with Crippen molar-refractivity contribution in [2.24, 2.45) is 5.92 Å². The smallest absolute Gasteiger partial charge is 0.0109 e. The zero-order valence-electron chi connectivity index (χ0n) is 7.36. The van der Waals surface area contributed by atoms with Crippen LogP contribution in [0.3, 0.4) is 0 Å². The first-order valence-electron chi connectivity index (χ1n) is 4.36. The molecule has 0 fully saturated rings. The zero-order valence-corrected chi connectivity index (χ0v) is 9.52. The van der Waals surface area contributed by atoms with Gasteiger partial charge >= 0.3 is 0 Å². The van der Waals surface area contributed by atoms with Crippen molar-refractivity contribution in [2.45, 2.75) is 50.4 Å². The molecule has 0 aliphatic carbocycles. The van der Waals surface area contributed by atoms with Gasteiger partial charge in [-0.05, 0) is 12.3 Å². The van der Waals surface area contributed by atoms with Crippen molar-refractivity contribution in [3.8, 4) is 0 Å². The van der Waals surface area contributed by atoms with Gasteiger partial charge in [-0.3, -0.25) is 0 Å². The van der Waals surface area contributed by atoms with Crippen molar-refractivity contribution < 1.29 is 0 Å². The third kappa shape index (κ3) is 4.53. The minimum Gasteiger partial charge on any atom is -0.0826 e. The van der Waals surface area contributed by atoms with E-state index >= 15 is 0 Å². The molecule has 2 unspecified atom stereocenters. The molecular weight excluding hydrogens is 235 g/mol. The minimum atomic E-state index is 0.856. The van der Waals surface area contributed by atoms with Crippen molar-refractivity contribution >= 4 is 22.6 Å². The second-order valence-electron chi connectivity index (χ2n) is 2.99. The van der Waals surface area contributed by atoms with Crippen LogP contribution < -0.4 is 0 Å². The largest absolute Gasteiger partial charge is 0.0826 e. The maximum atomic E-state index is 2.54. The van der Waals surface area contributed by atoms with Crippen LogP contribution in [0.25, 0.3) is 0 Å². The van der Waals surface area contributed by atoms with Crippen molar-refractivity contribution in [1.82, 2.24) is 0 Å². The predicted octanol–water partition coefficient (Wildman–Crippen LogP) is 4.03. The Labute approximate surface area is 78.9 Å². The molecule has 0 radical (unpaired) electrons. The molecule has 1 heteroatoms. The quantitative estimate of drug-likeness (QED) is 0.513. The molecule has 0 bridgehead atoms. The Kier molecular flexibility index (Phi) is 6.91. The Balaban J connectivity index is 3.40. The first-order valence-corrected chi connectivity index (χ1v) is 5.61. The third-order valence-corrected chi connectivity index (χ3v) is 3.12. The maximum absolute atomic E-state index is 2.54. The maximum Gasteiger partial charge on any atom is 0.0109 e. The number of hydrogen-bond acceptors (Lipinski definition) is 0.